The lowest BCUT2D eigenvalue weighted by Crippen LogP contribution is -2.39. The van der Waals surface area contributed by atoms with Crippen LogP contribution in [0.25, 0.3) is 0 Å². The van der Waals surface area contributed by atoms with Crippen molar-refractivity contribution in [2.75, 3.05) is 19.4 Å². The van der Waals surface area contributed by atoms with E-state index in [0.29, 0.717) is 11.3 Å². The van der Waals surface area contributed by atoms with Gasteiger partial charge in [0.15, 0.2) is 0 Å². The molecule has 1 aromatic rings. The van der Waals surface area contributed by atoms with E-state index in [1.165, 1.54) is 4.90 Å². The number of anilines is 1. The first kappa shape index (κ1) is 16.2. The second-order valence-corrected chi connectivity index (χ2v) is 5.49. The average molecular weight is 277 g/mol. The van der Waals surface area contributed by atoms with Crippen molar-refractivity contribution in [3.8, 4) is 0 Å². The predicted octanol–water partition coefficient (Wildman–Crippen LogP) is 1.62. The fourth-order valence-corrected chi connectivity index (χ4v) is 1.70. The summed E-state index contributed by atoms with van der Waals surface area (Å²) in [6, 6.07) is 4.70. The molecule has 110 valence electrons. The third-order valence-corrected chi connectivity index (χ3v) is 3.16. The first-order chi connectivity index (χ1) is 9.23. The van der Waals surface area contributed by atoms with Crippen LogP contribution in [0.2, 0.25) is 0 Å². The van der Waals surface area contributed by atoms with Crippen molar-refractivity contribution in [3.63, 3.8) is 0 Å². The average Bonchev–Trinajstić information content (AvgIpc) is 2.38. The molecule has 20 heavy (non-hydrogen) atoms. The number of carbonyl (C=O) groups excluding carboxylic acids is 2. The maximum Gasteiger partial charge on any atom is 0.253 e. The van der Waals surface area contributed by atoms with Crippen molar-refractivity contribution in [1.82, 2.24) is 4.90 Å². The Morgan fingerprint density at radius 2 is 1.85 bits per heavy atom. The van der Waals surface area contributed by atoms with Crippen LogP contribution in [0.5, 0.6) is 0 Å². The largest absolute Gasteiger partial charge is 0.345 e. The lowest BCUT2D eigenvalue weighted by molar-refractivity contribution is -0.118. The second kappa shape index (κ2) is 6.52. The van der Waals surface area contributed by atoms with Gasteiger partial charge in [-0.3, -0.25) is 9.59 Å². The summed E-state index contributed by atoms with van der Waals surface area (Å²) < 4.78 is 0. The van der Waals surface area contributed by atoms with Crippen LogP contribution < -0.4 is 11.1 Å². The Morgan fingerprint density at radius 3 is 2.35 bits per heavy atom. The lowest BCUT2D eigenvalue weighted by Gasteiger charge is -2.17. The Labute approximate surface area is 120 Å². The van der Waals surface area contributed by atoms with Gasteiger partial charge in [0.05, 0.1) is 6.04 Å². The van der Waals surface area contributed by atoms with E-state index in [4.69, 9.17) is 5.73 Å². The number of amides is 2. The van der Waals surface area contributed by atoms with E-state index in [-0.39, 0.29) is 17.7 Å². The van der Waals surface area contributed by atoms with Gasteiger partial charge in [-0.15, -0.1) is 0 Å². The van der Waals surface area contributed by atoms with Crippen LogP contribution >= 0.6 is 0 Å². The summed E-state index contributed by atoms with van der Waals surface area (Å²) in [7, 11) is 3.39. The van der Waals surface area contributed by atoms with Gasteiger partial charge in [0.25, 0.3) is 5.91 Å². The SMILES string of the molecule is Cc1ccc(NC(=O)[C@@H](N)C(C)C)cc1C(=O)N(C)C. The van der Waals surface area contributed by atoms with Gasteiger partial charge in [0, 0.05) is 25.3 Å². The van der Waals surface area contributed by atoms with Crippen molar-refractivity contribution in [1.29, 1.82) is 0 Å². The molecule has 5 heteroatoms. The predicted molar refractivity (Wildman–Crippen MR) is 80.6 cm³/mol. The van der Waals surface area contributed by atoms with Crippen molar-refractivity contribution < 1.29 is 9.59 Å². The number of hydrogen-bond donors (Lipinski definition) is 2. The van der Waals surface area contributed by atoms with E-state index in [9.17, 15) is 9.59 Å². The minimum atomic E-state index is -0.565. The highest BCUT2D eigenvalue weighted by Gasteiger charge is 2.18. The molecular weight excluding hydrogens is 254 g/mol. The van der Waals surface area contributed by atoms with Crippen LogP contribution in [0.1, 0.15) is 29.8 Å². The molecule has 0 heterocycles. The van der Waals surface area contributed by atoms with Crippen LogP contribution in [0, 0.1) is 12.8 Å². The number of nitrogens with one attached hydrogen (secondary N) is 1. The molecule has 2 amide bonds. The maximum atomic E-state index is 12.0. The molecule has 0 saturated carbocycles. The van der Waals surface area contributed by atoms with Crippen LogP contribution in [0.15, 0.2) is 18.2 Å². The molecule has 0 aliphatic heterocycles. The van der Waals surface area contributed by atoms with Gasteiger partial charge in [0.2, 0.25) is 5.91 Å². The highest BCUT2D eigenvalue weighted by atomic mass is 16.2. The number of carbonyl (C=O) groups is 2. The molecular formula is C15H23N3O2. The third-order valence-electron chi connectivity index (χ3n) is 3.16. The first-order valence-corrected chi connectivity index (χ1v) is 6.62. The van der Waals surface area contributed by atoms with Crippen molar-refractivity contribution in [3.05, 3.63) is 29.3 Å². The van der Waals surface area contributed by atoms with Crippen molar-refractivity contribution in [2.24, 2.45) is 11.7 Å². The zero-order valence-electron chi connectivity index (χ0n) is 12.7. The number of hydrogen-bond acceptors (Lipinski definition) is 3. The number of benzene rings is 1. The normalized spacial score (nSPS) is 12.2. The van der Waals surface area contributed by atoms with Gasteiger partial charge in [-0.2, -0.15) is 0 Å². The van der Waals surface area contributed by atoms with Gasteiger partial charge in [-0.05, 0) is 30.5 Å². The Hall–Kier alpha value is -1.88. The summed E-state index contributed by atoms with van der Waals surface area (Å²) in [6.07, 6.45) is 0. The summed E-state index contributed by atoms with van der Waals surface area (Å²) in [4.78, 5) is 25.5. The van der Waals surface area contributed by atoms with E-state index < -0.39 is 6.04 Å². The molecule has 3 N–H and O–H groups in total. The van der Waals surface area contributed by atoms with Crippen LogP contribution in [-0.2, 0) is 4.79 Å². The standard InChI is InChI=1S/C15H23N3O2/c1-9(2)13(16)14(19)17-11-7-6-10(3)12(8-11)15(20)18(4)5/h6-9,13H,16H2,1-5H3,(H,17,19)/t13-/m0/s1. The van der Waals surface area contributed by atoms with Crippen LogP contribution in [0.4, 0.5) is 5.69 Å². The van der Waals surface area contributed by atoms with Gasteiger partial charge >= 0.3 is 0 Å². The highest BCUT2D eigenvalue weighted by Crippen LogP contribution is 2.17. The lowest BCUT2D eigenvalue weighted by atomic mass is 10.0. The number of rotatable bonds is 4. The minimum absolute atomic E-state index is 0.0586. The van der Waals surface area contributed by atoms with Gasteiger partial charge in [0.1, 0.15) is 0 Å². The minimum Gasteiger partial charge on any atom is -0.345 e. The zero-order chi connectivity index (χ0) is 15.4. The maximum absolute atomic E-state index is 12.0. The molecule has 1 atom stereocenters. The molecule has 0 aliphatic rings. The molecule has 0 aromatic heterocycles. The molecule has 0 bridgehead atoms. The summed E-state index contributed by atoms with van der Waals surface area (Å²) in [5, 5.41) is 2.75. The molecule has 0 fully saturated rings. The molecule has 1 aromatic carbocycles. The quantitative estimate of drug-likeness (QED) is 0.878. The Kier molecular flexibility index (Phi) is 5.27. The van der Waals surface area contributed by atoms with Crippen LogP contribution in [0.3, 0.4) is 0 Å². The fraction of sp³-hybridized carbons (Fsp3) is 0.467. The van der Waals surface area contributed by atoms with Crippen molar-refractivity contribution >= 4 is 17.5 Å². The summed E-state index contributed by atoms with van der Waals surface area (Å²) >= 11 is 0. The van der Waals surface area contributed by atoms with E-state index in [1.54, 1.807) is 26.2 Å². The number of nitrogens with zero attached hydrogens (tertiary/aromatic N) is 1. The molecule has 0 spiro atoms. The van der Waals surface area contributed by atoms with Gasteiger partial charge < -0.3 is 16.0 Å². The molecule has 5 nitrogen and oxygen atoms in total. The van der Waals surface area contributed by atoms with E-state index >= 15 is 0 Å². The highest BCUT2D eigenvalue weighted by molar-refractivity contribution is 5.99. The first-order valence-electron chi connectivity index (χ1n) is 6.62. The van der Waals surface area contributed by atoms with Crippen molar-refractivity contribution in [2.45, 2.75) is 26.8 Å². The van der Waals surface area contributed by atoms with Gasteiger partial charge in [-0.25, -0.2) is 0 Å². The van der Waals surface area contributed by atoms with Gasteiger partial charge in [-0.1, -0.05) is 19.9 Å². The Balaban J connectivity index is 2.96. The monoisotopic (exact) mass is 277 g/mol. The number of nitrogens with two attached hydrogens (primary N) is 1. The topological polar surface area (TPSA) is 75.4 Å². The second-order valence-electron chi connectivity index (χ2n) is 5.49. The van der Waals surface area contributed by atoms with E-state index in [2.05, 4.69) is 5.32 Å². The number of aryl methyl sites for hydroxylation is 1. The Morgan fingerprint density at radius 1 is 1.25 bits per heavy atom. The molecule has 0 radical (unpaired) electrons. The summed E-state index contributed by atoms with van der Waals surface area (Å²) in [5.41, 5.74) is 7.83. The zero-order valence-corrected chi connectivity index (χ0v) is 12.7. The summed E-state index contributed by atoms with van der Waals surface area (Å²) in [5.74, 6) is -0.276. The molecule has 1 rings (SSSR count). The molecule has 0 unspecified atom stereocenters. The molecule has 0 saturated heterocycles. The van der Waals surface area contributed by atoms with Crippen LogP contribution in [-0.4, -0.2) is 36.9 Å². The summed E-state index contributed by atoms with van der Waals surface area (Å²) in [6.45, 7) is 5.64. The Bertz CT molecular complexity index is 510. The van der Waals surface area contributed by atoms with E-state index in [1.807, 2.05) is 26.8 Å². The molecule has 0 aliphatic carbocycles. The smallest absolute Gasteiger partial charge is 0.253 e. The third kappa shape index (κ3) is 3.81. The fourth-order valence-electron chi connectivity index (χ4n) is 1.70. The van der Waals surface area contributed by atoms with E-state index in [0.717, 1.165) is 5.56 Å².